The van der Waals surface area contributed by atoms with E-state index in [2.05, 4.69) is 20.3 Å². The molecule has 0 bridgehead atoms. The van der Waals surface area contributed by atoms with Crippen LogP contribution in [-0.2, 0) is 4.79 Å². The number of aliphatic carboxylic acids is 1. The summed E-state index contributed by atoms with van der Waals surface area (Å²) in [4.78, 5) is 22.5. The molecule has 2 N–H and O–H groups in total. The number of nitrogens with zero attached hydrogens (tertiary/aromatic N) is 3. The first-order valence-corrected chi connectivity index (χ1v) is 5.84. The molecular formula is C11H18N4O3. The Kier molecular flexibility index (Phi) is 5.83. The predicted octanol–water partition coefficient (Wildman–Crippen LogP) is 1.25. The molecule has 100 valence electrons. The minimum Gasteiger partial charge on any atom is -0.481 e. The molecule has 7 nitrogen and oxygen atoms in total. The molecule has 0 aliphatic rings. The number of methoxy groups -OCH3 is 1. The minimum atomic E-state index is -0.749. The van der Waals surface area contributed by atoms with Gasteiger partial charge in [0.15, 0.2) is 0 Å². The molecule has 0 aliphatic carbocycles. The Morgan fingerprint density at radius 2 is 2.06 bits per heavy atom. The molecule has 0 saturated carbocycles. The molecule has 0 radical (unpaired) electrons. The van der Waals surface area contributed by atoms with E-state index < -0.39 is 5.97 Å². The molecule has 0 spiro atoms. The molecule has 0 aliphatic heterocycles. The molecular weight excluding hydrogens is 236 g/mol. The number of hydrogen-bond acceptors (Lipinski definition) is 6. The number of ether oxygens (including phenoxy) is 1. The van der Waals surface area contributed by atoms with Crippen molar-refractivity contribution in [3.05, 3.63) is 5.82 Å². The first-order chi connectivity index (χ1) is 8.61. The summed E-state index contributed by atoms with van der Waals surface area (Å²) in [7, 11) is 1.50. The highest BCUT2D eigenvalue weighted by Gasteiger charge is 2.03. The van der Waals surface area contributed by atoms with Gasteiger partial charge in [0.05, 0.1) is 7.11 Å². The Hall–Kier alpha value is -1.92. The van der Waals surface area contributed by atoms with Gasteiger partial charge in [-0.25, -0.2) is 0 Å². The SMILES string of the molecule is COc1nc(C)nc(NCCCCCC(=O)O)n1. The van der Waals surface area contributed by atoms with Crippen molar-refractivity contribution < 1.29 is 14.6 Å². The van der Waals surface area contributed by atoms with Gasteiger partial charge in [0, 0.05) is 13.0 Å². The molecule has 0 fully saturated rings. The summed E-state index contributed by atoms with van der Waals surface area (Å²) in [6.45, 7) is 2.47. The highest BCUT2D eigenvalue weighted by molar-refractivity contribution is 5.66. The maximum Gasteiger partial charge on any atom is 0.321 e. The van der Waals surface area contributed by atoms with Crippen LogP contribution in [0, 0.1) is 6.92 Å². The molecule has 0 saturated heterocycles. The van der Waals surface area contributed by atoms with E-state index in [4.69, 9.17) is 9.84 Å². The summed E-state index contributed by atoms with van der Waals surface area (Å²) in [5, 5.41) is 11.5. The van der Waals surface area contributed by atoms with Crippen LogP contribution in [0.25, 0.3) is 0 Å². The van der Waals surface area contributed by atoms with Crippen molar-refractivity contribution >= 4 is 11.9 Å². The van der Waals surface area contributed by atoms with Crippen LogP contribution in [0.2, 0.25) is 0 Å². The molecule has 1 rings (SSSR count). The second-order valence-electron chi connectivity index (χ2n) is 3.82. The van der Waals surface area contributed by atoms with E-state index in [0.717, 1.165) is 12.8 Å². The lowest BCUT2D eigenvalue weighted by atomic mass is 10.2. The molecule has 0 atom stereocenters. The fourth-order valence-electron chi connectivity index (χ4n) is 1.41. The average molecular weight is 254 g/mol. The molecule has 1 aromatic rings. The van der Waals surface area contributed by atoms with Crippen molar-refractivity contribution in [3.8, 4) is 6.01 Å². The van der Waals surface area contributed by atoms with Crippen molar-refractivity contribution in [3.63, 3.8) is 0 Å². The zero-order valence-corrected chi connectivity index (χ0v) is 10.6. The zero-order valence-electron chi connectivity index (χ0n) is 10.6. The third-order valence-corrected chi connectivity index (χ3v) is 2.26. The minimum absolute atomic E-state index is 0.221. The monoisotopic (exact) mass is 254 g/mol. The number of nitrogens with one attached hydrogen (secondary N) is 1. The van der Waals surface area contributed by atoms with Crippen LogP contribution >= 0.6 is 0 Å². The van der Waals surface area contributed by atoms with E-state index in [1.807, 2.05) is 0 Å². The fraction of sp³-hybridized carbons (Fsp3) is 0.636. The van der Waals surface area contributed by atoms with Crippen LogP contribution in [-0.4, -0.2) is 39.7 Å². The largest absolute Gasteiger partial charge is 0.481 e. The Morgan fingerprint density at radius 3 is 2.72 bits per heavy atom. The van der Waals surface area contributed by atoms with Gasteiger partial charge in [-0.15, -0.1) is 0 Å². The van der Waals surface area contributed by atoms with E-state index >= 15 is 0 Å². The Balaban J connectivity index is 2.26. The number of carboxylic acids is 1. The first kappa shape index (κ1) is 14.1. The second-order valence-corrected chi connectivity index (χ2v) is 3.82. The molecule has 0 unspecified atom stereocenters. The summed E-state index contributed by atoms with van der Waals surface area (Å²) in [6, 6.07) is 0.288. The molecule has 1 aromatic heterocycles. The number of hydrogen-bond donors (Lipinski definition) is 2. The number of aryl methyl sites for hydroxylation is 1. The van der Waals surface area contributed by atoms with Crippen LogP contribution in [0.1, 0.15) is 31.5 Å². The molecule has 18 heavy (non-hydrogen) atoms. The highest BCUT2D eigenvalue weighted by atomic mass is 16.5. The van der Waals surface area contributed by atoms with E-state index in [1.54, 1.807) is 6.92 Å². The highest BCUT2D eigenvalue weighted by Crippen LogP contribution is 2.07. The smallest absolute Gasteiger partial charge is 0.321 e. The number of anilines is 1. The number of carboxylic acid groups (broad SMARTS) is 1. The van der Waals surface area contributed by atoms with Crippen molar-refractivity contribution in [2.45, 2.75) is 32.6 Å². The van der Waals surface area contributed by atoms with Gasteiger partial charge in [-0.2, -0.15) is 15.0 Å². The summed E-state index contributed by atoms with van der Waals surface area (Å²) in [5.74, 6) is 0.327. The first-order valence-electron chi connectivity index (χ1n) is 5.84. The topological polar surface area (TPSA) is 97.2 Å². The Bertz CT molecular complexity index is 398. The van der Waals surface area contributed by atoms with Gasteiger partial charge in [0.1, 0.15) is 5.82 Å². The van der Waals surface area contributed by atoms with Crippen molar-refractivity contribution in [2.24, 2.45) is 0 Å². The molecule has 7 heteroatoms. The maximum atomic E-state index is 10.3. The van der Waals surface area contributed by atoms with Gasteiger partial charge in [0.25, 0.3) is 0 Å². The van der Waals surface area contributed by atoms with Crippen LogP contribution in [0.3, 0.4) is 0 Å². The van der Waals surface area contributed by atoms with Crippen molar-refractivity contribution in [2.75, 3.05) is 19.0 Å². The lowest BCUT2D eigenvalue weighted by Gasteiger charge is -2.06. The van der Waals surface area contributed by atoms with Gasteiger partial charge in [-0.05, 0) is 19.8 Å². The number of rotatable bonds is 8. The van der Waals surface area contributed by atoms with E-state index in [-0.39, 0.29) is 12.4 Å². The van der Waals surface area contributed by atoms with E-state index in [1.165, 1.54) is 7.11 Å². The van der Waals surface area contributed by atoms with Crippen molar-refractivity contribution in [1.29, 1.82) is 0 Å². The number of unbranched alkanes of at least 4 members (excludes halogenated alkanes) is 2. The Morgan fingerprint density at radius 1 is 1.28 bits per heavy atom. The lowest BCUT2D eigenvalue weighted by Crippen LogP contribution is -2.08. The Labute approximate surface area is 106 Å². The number of aromatic nitrogens is 3. The van der Waals surface area contributed by atoms with Crippen LogP contribution in [0.5, 0.6) is 6.01 Å². The van der Waals surface area contributed by atoms with Crippen LogP contribution < -0.4 is 10.1 Å². The number of carbonyl (C=O) groups is 1. The quantitative estimate of drug-likeness (QED) is 0.673. The standard InChI is InChI=1S/C11H18N4O3/c1-8-13-10(15-11(14-8)18-2)12-7-5-3-4-6-9(16)17/h3-7H2,1-2H3,(H,16,17)(H,12,13,14,15). The van der Waals surface area contributed by atoms with Crippen LogP contribution in [0.4, 0.5) is 5.95 Å². The molecule has 1 heterocycles. The van der Waals surface area contributed by atoms with Gasteiger partial charge in [-0.3, -0.25) is 4.79 Å². The zero-order chi connectivity index (χ0) is 13.4. The maximum absolute atomic E-state index is 10.3. The summed E-state index contributed by atoms with van der Waals surface area (Å²) in [6.07, 6.45) is 2.65. The third-order valence-electron chi connectivity index (χ3n) is 2.26. The van der Waals surface area contributed by atoms with Crippen molar-refractivity contribution in [1.82, 2.24) is 15.0 Å². The van der Waals surface area contributed by atoms with Gasteiger partial charge in [-0.1, -0.05) is 6.42 Å². The summed E-state index contributed by atoms with van der Waals surface area (Å²) >= 11 is 0. The average Bonchev–Trinajstić information content (AvgIpc) is 2.32. The van der Waals surface area contributed by atoms with E-state index in [9.17, 15) is 4.79 Å². The molecule has 0 amide bonds. The third kappa shape index (κ3) is 5.42. The normalized spacial score (nSPS) is 10.1. The fourth-order valence-corrected chi connectivity index (χ4v) is 1.41. The van der Waals surface area contributed by atoms with Gasteiger partial charge < -0.3 is 15.2 Å². The van der Waals surface area contributed by atoms with Crippen LogP contribution in [0.15, 0.2) is 0 Å². The lowest BCUT2D eigenvalue weighted by molar-refractivity contribution is -0.137. The second kappa shape index (κ2) is 7.41. The predicted molar refractivity (Wildman–Crippen MR) is 65.7 cm³/mol. The van der Waals surface area contributed by atoms with Gasteiger partial charge >= 0.3 is 12.0 Å². The van der Waals surface area contributed by atoms with E-state index in [0.29, 0.717) is 24.7 Å². The summed E-state index contributed by atoms with van der Waals surface area (Å²) in [5.41, 5.74) is 0. The van der Waals surface area contributed by atoms with Gasteiger partial charge in [0.2, 0.25) is 5.95 Å². The summed E-state index contributed by atoms with van der Waals surface area (Å²) < 4.78 is 4.94. The molecule has 0 aromatic carbocycles.